The van der Waals surface area contributed by atoms with E-state index in [0.29, 0.717) is 5.75 Å². The highest BCUT2D eigenvalue weighted by atomic mass is 16.6. The highest BCUT2D eigenvalue weighted by Gasteiger charge is 2.15. The summed E-state index contributed by atoms with van der Waals surface area (Å²) in [6.45, 7) is 1.95. The topological polar surface area (TPSA) is 99.3 Å². The SMILES string of the molecule is Cc1ccc(Oc2cc(NC(=O)c3ccn(C)n3)cc([N+](=O)[O-])c2)cc1. The summed E-state index contributed by atoms with van der Waals surface area (Å²) in [5.41, 5.74) is 1.34. The second-order valence-corrected chi connectivity index (χ2v) is 5.72. The van der Waals surface area contributed by atoms with Gasteiger partial charge in [0.1, 0.15) is 11.5 Å². The Labute approximate surface area is 149 Å². The molecule has 1 heterocycles. The molecule has 1 aromatic heterocycles. The number of nitro benzene ring substituents is 1. The van der Waals surface area contributed by atoms with Crippen molar-refractivity contribution < 1.29 is 14.5 Å². The van der Waals surface area contributed by atoms with Crippen LogP contribution in [0.5, 0.6) is 11.5 Å². The molecule has 2 aromatic carbocycles. The maximum absolute atomic E-state index is 12.2. The normalized spacial score (nSPS) is 10.4. The van der Waals surface area contributed by atoms with Crippen LogP contribution in [0.3, 0.4) is 0 Å². The number of aryl methyl sites for hydroxylation is 2. The molecule has 0 saturated carbocycles. The number of carbonyl (C=O) groups is 1. The second-order valence-electron chi connectivity index (χ2n) is 5.72. The first-order valence-electron chi connectivity index (χ1n) is 7.76. The summed E-state index contributed by atoms with van der Waals surface area (Å²) in [6.07, 6.45) is 1.63. The van der Waals surface area contributed by atoms with Crippen LogP contribution in [0.15, 0.2) is 54.7 Å². The number of aromatic nitrogens is 2. The number of nitrogens with one attached hydrogen (secondary N) is 1. The van der Waals surface area contributed by atoms with Gasteiger partial charge >= 0.3 is 0 Å². The Morgan fingerprint density at radius 2 is 1.88 bits per heavy atom. The zero-order valence-corrected chi connectivity index (χ0v) is 14.2. The fourth-order valence-electron chi connectivity index (χ4n) is 2.29. The number of ether oxygens (including phenoxy) is 1. The third kappa shape index (κ3) is 4.04. The van der Waals surface area contributed by atoms with Crippen LogP contribution in [0.4, 0.5) is 11.4 Å². The van der Waals surface area contributed by atoms with E-state index in [1.165, 1.54) is 22.9 Å². The van der Waals surface area contributed by atoms with E-state index in [4.69, 9.17) is 4.74 Å². The van der Waals surface area contributed by atoms with Gasteiger partial charge in [-0.2, -0.15) is 5.10 Å². The predicted molar refractivity (Wildman–Crippen MR) is 95.5 cm³/mol. The van der Waals surface area contributed by atoms with Crippen molar-refractivity contribution >= 4 is 17.3 Å². The minimum absolute atomic E-state index is 0.189. The lowest BCUT2D eigenvalue weighted by Gasteiger charge is -2.09. The second kappa shape index (κ2) is 7.06. The molecule has 0 spiro atoms. The minimum Gasteiger partial charge on any atom is -0.457 e. The molecule has 26 heavy (non-hydrogen) atoms. The maximum atomic E-state index is 12.2. The van der Waals surface area contributed by atoms with E-state index in [-0.39, 0.29) is 22.8 Å². The molecule has 3 rings (SSSR count). The summed E-state index contributed by atoms with van der Waals surface area (Å²) in [6, 6.07) is 12.9. The van der Waals surface area contributed by atoms with E-state index in [0.717, 1.165) is 5.56 Å². The lowest BCUT2D eigenvalue weighted by atomic mass is 10.2. The summed E-state index contributed by atoms with van der Waals surface area (Å²) < 4.78 is 7.18. The van der Waals surface area contributed by atoms with Crippen molar-refractivity contribution in [1.29, 1.82) is 0 Å². The Bertz CT molecular complexity index is 964. The van der Waals surface area contributed by atoms with Crippen LogP contribution in [0.25, 0.3) is 0 Å². The zero-order valence-electron chi connectivity index (χ0n) is 14.2. The van der Waals surface area contributed by atoms with Crippen molar-refractivity contribution in [2.45, 2.75) is 6.92 Å². The molecule has 0 aliphatic carbocycles. The van der Waals surface area contributed by atoms with Crippen LogP contribution in [0, 0.1) is 17.0 Å². The van der Waals surface area contributed by atoms with E-state index in [1.54, 1.807) is 31.4 Å². The summed E-state index contributed by atoms with van der Waals surface area (Å²) >= 11 is 0. The molecule has 0 saturated heterocycles. The highest BCUT2D eigenvalue weighted by molar-refractivity contribution is 6.03. The summed E-state index contributed by atoms with van der Waals surface area (Å²) in [4.78, 5) is 22.9. The van der Waals surface area contributed by atoms with Gasteiger partial charge in [0.25, 0.3) is 11.6 Å². The molecule has 0 atom stereocenters. The number of hydrogen-bond acceptors (Lipinski definition) is 5. The largest absolute Gasteiger partial charge is 0.457 e. The monoisotopic (exact) mass is 352 g/mol. The first-order chi connectivity index (χ1) is 12.4. The standard InChI is InChI=1S/C18H16N4O4/c1-12-3-5-15(6-4-12)26-16-10-13(9-14(11-16)22(24)25)19-18(23)17-7-8-21(2)20-17/h3-11H,1-2H3,(H,19,23). The van der Waals surface area contributed by atoms with Gasteiger partial charge in [-0.25, -0.2) is 0 Å². The first kappa shape index (κ1) is 17.2. The van der Waals surface area contributed by atoms with E-state index < -0.39 is 10.8 Å². The van der Waals surface area contributed by atoms with Crippen molar-refractivity contribution in [2.75, 3.05) is 5.32 Å². The quantitative estimate of drug-likeness (QED) is 0.558. The Morgan fingerprint density at radius 3 is 2.50 bits per heavy atom. The Morgan fingerprint density at radius 1 is 1.15 bits per heavy atom. The number of benzene rings is 2. The van der Waals surface area contributed by atoms with E-state index in [1.807, 2.05) is 19.1 Å². The summed E-state index contributed by atoms with van der Waals surface area (Å²) in [7, 11) is 1.69. The van der Waals surface area contributed by atoms with Crippen LogP contribution in [-0.2, 0) is 7.05 Å². The smallest absolute Gasteiger partial charge is 0.276 e. The van der Waals surface area contributed by atoms with Gasteiger partial charge < -0.3 is 10.1 Å². The van der Waals surface area contributed by atoms with Gasteiger partial charge in [-0.15, -0.1) is 0 Å². The van der Waals surface area contributed by atoms with Crippen LogP contribution in [0.2, 0.25) is 0 Å². The third-order valence-corrected chi connectivity index (χ3v) is 3.56. The fourth-order valence-corrected chi connectivity index (χ4v) is 2.29. The molecule has 0 unspecified atom stereocenters. The predicted octanol–water partition coefficient (Wildman–Crippen LogP) is 3.68. The third-order valence-electron chi connectivity index (χ3n) is 3.56. The summed E-state index contributed by atoms with van der Waals surface area (Å²) in [5.74, 6) is 0.324. The molecule has 0 fully saturated rings. The number of hydrogen-bond donors (Lipinski definition) is 1. The van der Waals surface area contributed by atoms with Crippen LogP contribution < -0.4 is 10.1 Å². The van der Waals surface area contributed by atoms with Crippen LogP contribution in [0.1, 0.15) is 16.1 Å². The molecule has 0 aliphatic rings. The van der Waals surface area contributed by atoms with Gasteiger partial charge in [0, 0.05) is 25.4 Å². The van der Waals surface area contributed by atoms with E-state index in [2.05, 4.69) is 10.4 Å². The van der Waals surface area contributed by atoms with Gasteiger partial charge in [0.15, 0.2) is 5.69 Å². The van der Waals surface area contributed by atoms with Gasteiger partial charge in [0.05, 0.1) is 16.7 Å². The zero-order chi connectivity index (χ0) is 18.7. The molecule has 3 aromatic rings. The molecular formula is C18H16N4O4. The average Bonchev–Trinajstić information content (AvgIpc) is 3.03. The maximum Gasteiger partial charge on any atom is 0.276 e. The number of amides is 1. The molecule has 8 nitrogen and oxygen atoms in total. The molecule has 132 valence electrons. The van der Waals surface area contributed by atoms with Gasteiger partial charge in [-0.1, -0.05) is 17.7 Å². The molecule has 1 amide bonds. The molecule has 1 N–H and O–H groups in total. The van der Waals surface area contributed by atoms with Gasteiger partial charge in [-0.3, -0.25) is 19.6 Å². The van der Waals surface area contributed by atoms with Crippen molar-refractivity contribution in [2.24, 2.45) is 7.05 Å². The van der Waals surface area contributed by atoms with Gasteiger partial charge in [0.2, 0.25) is 0 Å². The lowest BCUT2D eigenvalue weighted by Crippen LogP contribution is -2.13. The number of rotatable bonds is 5. The number of nitrogens with zero attached hydrogens (tertiary/aromatic N) is 3. The number of nitro groups is 1. The molecule has 0 radical (unpaired) electrons. The van der Waals surface area contributed by atoms with Crippen molar-refractivity contribution in [1.82, 2.24) is 9.78 Å². The van der Waals surface area contributed by atoms with Crippen LogP contribution >= 0.6 is 0 Å². The Balaban J connectivity index is 1.87. The Kier molecular flexibility index (Phi) is 4.66. The Hall–Kier alpha value is -3.68. The first-order valence-corrected chi connectivity index (χ1v) is 7.76. The average molecular weight is 352 g/mol. The van der Waals surface area contributed by atoms with E-state index >= 15 is 0 Å². The molecule has 8 heteroatoms. The number of non-ortho nitro benzene ring substituents is 1. The highest BCUT2D eigenvalue weighted by Crippen LogP contribution is 2.30. The van der Waals surface area contributed by atoms with Gasteiger partial charge in [-0.05, 0) is 25.1 Å². The van der Waals surface area contributed by atoms with Crippen molar-refractivity contribution in [3.05, 3.63) is 76.1 Å². The number of carbonyl (C=O) groups excluding carboxylic acids is 1. The van der Waals surface area contributed by atoms with Crippen molar-refractivity contribution in [3.63, 3.8) is 0 Å². The fraction of sp³-hybridized carbons (Fsp3) is 0.111. The lowest BCUT2D eigenvalue weighted by molar-refractivity contribution is -0.384. The van der Waals surface area contributed by atoms with E-state index in [9.17, 15) is 14.9 Å². The molecule has 0 aliphatic heterocycles. The van der Waals surface area contributed by atoms with Crippen LogP contribution in [-0.4, -0.2) is 20.6 Å². The number of anilines is 1. The minimum atomic E-state index is -0.543. The molecule has 0 bridgehead atoms. The summed E-state index contributed by atoms with van der Waals surface area (Å²) in [5, 5.41) is 17.8. The molecular weight excluding hydrogens is 336 g/mol. The van der Waals surface area contributed by atoms with Crippen molar-refractivity contribution in [3.8, 4) is 11.5 Å².